The van der Waals surface area contributed by atoms with Gasteiger partial charge in [0.05, 0.1) is 11.3 Å². The molecule has 5 nitrogen and oxygen atoms in total. The van der Waals surface area contributed by atoms with E-state index in [-0.39, 0.29) is 29.4 Å². The average Bonchev–Trinajstić information content (AvgIpc) is 3.26. The zero-order valence-electron chi connectivity index (χ0n) is 18.2. The summed E-state index contributed by atoms with van der Waals surface area (Å²) >= 11 is 1.31. The lowest BCUT2D eigenvalue weighted by atomic mass is 10.2. The van der Waals surface area contributed by atoms with Crippen molar-refractivity contribution in [1.82, 2.24) is 10.2 Å². The molecular formula is C26H26FN3O2S. The highest BCUT2D eigenvalue weighted by atomic mass is 32.2. The number of anilines is 1. The van der Waals surface area contributed by atoms with Gasteiger partial charge in [-0.2, -0.15) is 0 Å². The first-order valence-corrected chi connectivity index (χ1v) is 11.9. The van der Waals surface area contributed by atoms with Gasteiger partial charge in [-0.25, -0.2) is 4.39 Å². The minimum absolute atomic E-state index is 0.0982. The highest BCUT2D eigenvalue weighted by Gasteiger charge is 2.25. The fraction of sp³-hybridized carbons (Fsp3) is 0.231. The molecule has 1 aliphatic rings. The van der Waals surface area contributed by atoms with Gasteiger partial charge in [0, 0.05) is 36.3 Å². The number of amides is 2. The summed E-state index contributed by atoms with van der Waals surface area (Å²) in [4.78, 5) is 28.4. The van der Waals surface area contributed by atoms with Crippen LogP contribution in [0.25, 0.3) is 0 Å². The van der Waals surface area contributed by atoms with Crippen molar-refractivity contribution in [3.05, 3.63) is 95.8 Å². The van der Waals surface area contributed by atoms with Crippen molar-refractivity contribution in [3.63, 3.8) is 0 Å². The van der Waals surface area contributed by atoms with Gasteiger partial charge < -0.3 is 10.6 Å². The molecule has 4 rings (SSSR count). The number of halogens is 1. The summed E-state index contributed by atoms with van der Waals surface area (Å²) in [5.74, 6) is -0.541. The van der Waals surface area contributed by atoms with Crippen LogP contribution in [0, 0.1) is 5.82 Å². The lowest BCUT2D eigenvalue weighted by molar-refractivity contribution is -0.113. The Morgan fingerprint density at radius 3 is 2.48 bits per heavy atom. The molecule has 0 saturated carbocycles. The Morgan fingerprint density at radius 1 is 0.970 bits per heavy atom. The molecule has 2 N–H and O–H groups in total. The molecule has 0 aromatic heterocycles. The van der Waals surface area contributed by atoms with E-state index in [2.05, 4.69) is 27.7 Å². The maximum absolute atomic E-state index is 13.0. The molecule has 1 saturated heterocycles. The zero-order valence-corrected chi connectivity index (χ0v) is 19.0. The van der Waals surface area contributed by atoms with E-state index in [1.54, 1.807) is 6.07 Å². The second kappa shape index (κ2) is 11.1. The third kappa shape index (κ3) is 6.66. The van der Waals surface area contributed by atoms with Gasteiger partial charge in [0.15, 0.2) is 0 Å². The van der Waals surface area contributed by atoms with E-state index in [0.717, 1.165) is 31.0 Å². The van der Waals surface area contributed by atoms with Crippen LogP contribution >= 0.6 is 11.8 Å². The third-order valence-electron chi connectivity index (χ3n) is 5.48. The molecule has 1 atom stereocenters. The Kier molecular flexibility index (Phi) is 7.75. The highest BCUT2D eigenvalue weighted by Crippen LogP contribution is 2.24. The van der Waals surface area contributed by atoms with Crippen molar-refractivity contribution in [3.8, 4) is 0 Å². The molecule has 1 aliphatic heterocycles. The number of hydrogen-bond acceptors (Lipinski definition) is 4. The van der Waals surface area contributed by atoms with Crippen LogP contribution in [-0.4, -0.2) is 41.6 Å². The first-order valence-electron chi connectivity index (χ1n) is 10.9. The number of nitrogens with zero attached hydrogens (tertiary/aromatic N) is 1. The highest BCUT2D eigenvalue weighted by molar-refractivity contribution is 8.00. The summed E-state index contributed by atoms with van der Waals surface area (Å²) in [6, 6.07) is 23.4. The summed E-state index contributed by atoms with van der Waals surface area (Å²) in [7, 11) is 0. The van der Waals surface area contributed by atoms with Gasteiger partial charge >= 0.3 is 0 Å². The molecule has 3 aromatic carbocycles. The van der Waals surface area contributed by atoms with Crippen LogP contribution in [0.1, 0.15) is 22.3 Å². The molecule has 1 heterocycles. The smallest absolute Gasteiger partial charge is 0.252 e. The number of nitrogens with one attached hydrogen (secondary N) is 2. The van der Waals surface area contributed by atoms with Crippen LogP contribution in [0.2, 0.25) is 0 Å². The van der Waals surface area contributed by atoms with Crippen molar-refractivity contribution in [2.75, 3.05) is 24.2 Å². The van der Waals surface area contributed by atoms with Crippen molar-refractivity contribution in [2.45, 2.75) is 23.9 Å². The van der Waals surface area contributed by atoms with Crippen LogP contribution in [0.15, 0.2) is 83.8 Å². The van der Waals surface area contributed by atoms with Gasteiger partial charge in [0.1, 0.15) is 5.82 Å². The predicted octanol–water partition coefficient (Wildman–Crippen LogP) is 4.56. The van der Waals surface area contributed by atoms with Gasteiger partial charge in [-0.3, -0.25) is 14.5 Å². The Labute approximate surface area is 197 Å². The first-order chi connectivity index (χ1) is 16.1. The number of carbonyl (C=O) groups excluding carboxylic acids is 2. The summed E-state index contributed by atoms with van der Waals surface area (Å²) in [5, 5.41) is 5.89. The average molecular weight is 464 g/mol. The topological polar surface area (TPSA) is 61.4 Å². The maximum atomic E-state index is 13.0. The normalized spacial score (nSPS) is 15.8. The van der Waals surface area contributed by atoms with E-state index in [0.29, 0.717) is 11.3 Å². The molecule has 0 bridgehead atoms. The molecule has 1 fully saturated rings. The summed E-state index contributed by atoms with van der Waals surface area (Å²) in [6.45, 7) is 2.64. The molecule has 0 aliphatic carbocycles. The fourth-order valence-corrected chi connectivity index (χ4v) is 4.70. The van der Waals surface area contributed by atoms with Crippen LogP contribution in [0.3, 0.4) is 0 Å². The van der Waals surface area contributed by atoms with E-state index >= 15 is 0 Å². The second-order valence-corrected chi connectivity index (χ2v) is 9.04. The minimum Gasteiger partial charge on any atom is -0.348 e. The molecule has 0 spiro atoms. The standard InChI is InChI=1S/C26H26FN3O2S/c27-20-10-12-21(13-11-20)28-25(31)18-33-24-9-5-4-8-23(24)26(32)29-22-14-15-30(17-22)16-19-6-2-1-3-7-19/h1-13,22H,14-18H2,(H,28,31)(H,29,32)/t22-/m0/s1. The monoisotopic (exact) mass is 463 g/mol. The number of thioether (sulfide) groups is 1. The molecule has 2 amide bonds. The quantitative estimate of drug-likeness (QED) is 0.481. The van der Waals surface area contributed by atoms with Gasteiger partial charge in [-0.15, -0.1) is 11.8 Å². The molecular weight excluding hydrogens is 437 g/mol. The molecule has 3 aromatic rings. The lowest BCUT2D eigenvalue weighted by Gasteiger charge is -2.17. The Bertz CT molecular complexity index is 1090. The van der Waals surface area contributed by atoms with Gasteiger partial charge in [-0.1, -0.05) is 42.5 Å². The number of hydrogen-bond donors (Lipinski definition) is 2. The van der Waals surface area contributed by atoms with Crippen LogP contribution in [0.5, 0.6) is 0 Å². The first kappa shape index (κ1) is 23.0. The predicted molar refractivity (Wildman–Crippen MR) is 130 cm³/mol. The molecule has 33 heavy (non-hydrogen) atoms. The van der Waals surface area contributed by atoms with Crippen LogP contribution in [0.4, 0.5) is 10.1 Å². The Hall–Kier alpha value is -3.16. The number of likely N-dealkylation sites (tertiary alicyclic amines) is 1. The third-order valence-corrected chi connectivity index (χ3v) is 6.55. The van der Waals surface area contributed by atoms with Crippen molar-refractivity contribution >= 4 is 29.3 Å². The lowest BCUT2D eigenvalue weighted by Crippen LogP contribution is -2.37. The van der Waals surface area contributed by atoms with Crippen molar-refractivity contribution in [2.24, 2.45) is 0 Å². The van der Waals surface area contributed by atoms with Crippen molar-refractivity contribution < 1.29 is 14.0 Å². The van der Waals surface area contributed by atoms with Gasteiger partial charge in [0.25, 0.3) is 5.91 Å². The molecule has 170 valence electrons. The van der Waals surface area contributed by atoms with Crippen LogP contribution < -0.4 is 10.6 Å². The van der Waals surface area contributed by atoms with Gasteiger partial charge in [0.2, 0.25) is 5.91 Å². The zero-order chi connectivity index (χ0) is 23.0. The second-order valence-electron chi connectivity index (χ2n) is 8.02. The Balaban J connectivity index is 1.30. The molecule has 7 heteroatoms. The van der Waals surface area contributed by atoms with E-state index in [1.807, 2.05) is 36.4 Å². The molecule has 0 radical (unpaired) electrons. The maximum Gasteiger partial charge on any atom is 0.252 e. The molecule has 0 unspecified atom stereocenters. The van der Waals surface area contributed by atoms with E-state index in [4.69, 9.17) is 0 Å². The summed E-state index contributed by atoms with van der Waals surface area (Å²) in [6.07, 6.45) is 0.911. The summed E-state index contributed by atoms with van der Waals surface area (Å²) in [5.41, 5.74) is 2.37. The fourth-order valence-electron chi connectivity index (χ4n) is 3.85. The minimum atomic E-state index is -0.354. The number of carbonyl (C=O) groups is 2. The Morgan fingerprint density at radius 2 is 1.70 bits per heavy atom. The number of benzene rings is 3. The van der Waals surface area contributed by atoms with E-state index in [1.165, 1.54) is 41.6 Å². The largest absolute Gasteiger partial charge is 0.348 e. The van der Waals surface area contributed by atoms with E-state index in [9.17, 15) is 14.0 Å². The van der Waals surface area contributed by atoms with Gasteiger partial charge in [-0.05, 0) is 48.4 Å². The van der Waals surface area contributed by atoms with E-state index < -0.39 is 0 Å². The summed E-state index contributed by atoms with van der Waals surface area (Å²) < 4.78 is 13.0. The van der Waals surface area contributed by atoms with Crippen molar-refractivity contribution in [1.29, 1.82) is 0 Å². The number of rotatable bonds is 8. The SMILES string of the molecule is O=C(CSc1ccccc1C(=O)N[C@H]1CCN(Cc2ccccc2)C1)Nc1ccc(F)cc1. The van der Waals surface area contributed by atoms with Crippen LogP contribution in [-0.2, 0) is 11.3 Å².